The lowest BCUT2D eigenvalue weighted by atomic mass is 10.2. The van der Waals surface area contributed by atoms with E-state index in [-0.39, 0.29) is 11.8 Å². The number of carbonyl (C=O) groups is 1. The maximum atomic E-state index is 10.6. The van der Waals surface area contributed by atoms with E-state index in [1.807, 2.05) is 0 Å². The van der Waals surface area contributed by atoms with E-state index in [1.54, 1.807) is 17.9 Å². The Hall–Kier alpha value is -1.36. The van der Waals surface area contributed by atoms with E-state index in [4.69, 9.17) is 9.84 Å². The van der Waals surface area contributed by atoms with Crippen LogP contribution in [-0.2, 0) is 17.7 Å². The monoisotopic (exact) mass is 182 g/mol. The lowest BCUT2D eigenvalue weighted by Gasteiger charge is -2.03. The second kappa shape index (κ2) is 2.85. The fraction of sp³-hybridized carbons (Fsp3) is 0.500. The molecule has 0 amide bonds. The highest BCUT2D eigenvalue weighted by atomic mass is 16.5. The summed E-state index contributed by atoms with van der Waals surface area (Å²) in [5.41, 5.74) is 1.05. The molecule has 0 aliphatic carbocycles. The molecule has 13 heavy (non-hydrogen) atoms. The third kappa shape index (κ3) is 1.31. The van der Waals surface area contributed by atoms with E-state index < -0.39 is 5.97 Å². The fourth-order valence-electron chi connectivity index (χ4n) is 1.53. The van der Waals surface area contributed by atoms with Crippen molar-refractivity contribution in [3.63, 3.8) is 0 Å². The molecule has 1 aromatic rings. The van der Waals surface area contributed by atoms with E-state index in [0.29, 0.717) is 6.54 Å². The standard InChI is InChI=1S/C8H10N2O3/c1-13-6-2-5-3-7(8(11)12)9-10(5)4-6/h3,6H,2,4H2,1H3,(H,11,12)/t6-/m1/s1. The van der Waals surface area contributed by atoms with Crippen LogP contribution < -0.4 is 0 Å². The maximum Gasteiger partial charge on any atom is 0.356 e. The second-order valence-electron chi connectivity index (χ2n) is 3.07. The first-order chi connectivity index (χ1) is 6.20. The number of aromatic carboxylic acids is 1. The lowest BCUT2D eigenvalue weighted by Crippen LogP contribution is -2.13. The van der Waals surface area contributed by atoms with E-state index in [9.17, 15) is 4.79 Å². The molecule has 0 aromatic carbocycles. The predicted octanol–water partition coefficient (Wildman–Crippen LogP) is 0.152. The molecule has 2 rings (SSSR count). The Morgan fingerprint density at radius 2 is 2.62 bits per heavy atom. The summed E-state index contributed by atoms with van der Waals surface area (Å²) in [7, 11) is 1.65. The molecule has 5 nitrogen and oxygen atoms in total. The van der Waals surface area contributed by atoms with Gasteiger partial charge in [0.15, 0.2) is 5.69 Å². The van der Waals surface area contributed by atoms with Gasteiger partial charge in [0.25, 0.3) is 0 Å². The number of methoxy groups -OCH3 is 1. The van der Waals surface area contributed by atoms with Crippen LogP contribution in [0.1, 0.15) is 16.2 Å². The van der Waals surface area contributed by atoms with Crippen LogP contribution in [-0.4, -0.2) is 34.1 Å². The number of ether oxygens (including phenoxy) is 1. The van der Waals surface area contributed by atoms with Gasteiger partial charge < -0.3 is 9.84 Å². The molecule has 1 aliphatic heterocycles. The van der Waals surface area contributed by atoms with Gasteiger partial charge in [0.2, 0.25) is 0 Å². The summed E-state index contributed by atoms with van der Waals surface area (Å²) in [5.74, 6) is -0.976. The van der Waals surface area contributed by atoms with Crippen LogP contribution in [0, 0.1) is 0 Å². The summed E-state index contributed by atoms with van der Waals surface area (Å²) in [6, 6.07) is 1.60. The number of aromatic nitrogens is 2. The summed E-state index contributed by atoms with van der Waals surface area (Å²) in [6.45, 7) is 0.652. The molecule has 1 atom stereocenters. The van der Waals surface area contributed by atoms with Gasteiger partial charge in [0, 0.05) is 19.2 Å². The Balaban J connectivity index is 2.23. The highest BCUT2D eigenvalue weighted by Crippen LogP contribution is 2.17. The van der Waals surface area contributed by atoms with Crippen molar-refractivity contribution in [2.24, 2.45) is 0 Å². The van der Waals surface area contributed by atoms with E-state index in [0.717, 1.165) is 12.1 Å². The fourth-order valence-corrected chi connectivity index (χ4v) is 1.53. The summed E-state index contributed by atoms with van der Waals surface area (Å²) in [6.07, 6.45) is 0.891. The highest BCUT2D eigenvalue weighted by Gasteiger charge is 2.24. The van der Waals surface area contributed by atoms with Crippen molar-refractivity contribution in [1.29, 1.82) is 0 Å². The number of nitrogens with zero attached hydrogens (tertiary/aromatic N) is 2. The van der Waals surface area contributed by atoms with E-state index in [2.05, 4.69) is 5.10 Å². The summed E-state index contributed by atoms with van der Waals surface area (Å²) in [5, 5.41) is 12.6. The van der Waals surface area contributed by atoms with Crippen molar-refractivity contribution in [2.75, 3.05) is 7.11 Å². The lowest BCUT2D eigenvalue weighted by molar-refractivity contribution is 0.0686. The van der Waals surface area contributed by atoms with Gasteiger partial charge in [-0.1, -0.05) is 0 Å². The smallest absolute Gasteiger partial charge is 0.356 e. The summed E-state index contributed by atoms with van der Waals surface area (Å²) < 4.78 is 6.84. The molecule has 0 saturated heterocycles. The molecule has 0 radical (unpaired) electrons. The minimum Gasteiger partial charge on any atom is -0.476 e. The normalized spacial score (nSPS) is 20.2. The number of hydrogen-bond acceptors (Lipinski definition) is 3. The molecule has 0 saturated carbocycles. The largest absolute Gasteiger partial charge is 0.476 e. The molecule has 1 N–H and O–H groups in total. The first-order valence-corrected chi connectivity index (χ1v) is 4.03. The Morgan fingerprint density at radius 1 is 1.85 bits per heavy atom. The van der Waals surface area contributed by atoms with Crippen LogP contribution in [0.25, 0.3) is 0 Å². The molecule has 1 aromatic heterocycles. The number of hydrogen-bond donors (Lipinski definition) is 1. The van der Waals surface area contributed by atoms with Crippen LogP contribution in [0.4, 0.5) is 0 Å². The summed E-state index contributed by atoms with van der Waals surface area (Å²) >= 11 is 0. The minimum absolute atomic E-state index is 0.115. The van der Waals surface area contributed by atoms with Gasteiger partial charge in [-0.05, 0) is 6.07 Å². The molecular weight excluding hydrogens is 172 g/mol. The summed E-state index contributed by atoms with van der Waals surface area (Å²) in [4.78, 5) is 10.6. The number of carboxylic acids is 1. The van der Waals surface area contributed by atoms with Crippen LogP contribution in [0.2, 0.25) is 0 Å². The van der Waals surface area contributed by atoms with Crippen LogP contribution in [0.5, 0.6) is 0 Å². The Labute approximate surface area is 74.9 Å². The highest BCUT2D eigenvalue weighted by molar-refractivity contribution is 5.85. The minimum atomic E-state index is -0.976. The number of carboxylic acid groups (broad SMARTS) is 1. The van der Waals surface area contributed by atoms with Gasteiger partial charge in [0.05, 0.1) is 12.6 Å². The number of fused-ring (bicyclic) bond motifs is 1. The molecular formula is C8H10N2O3. The molecule has 5 heteroatoms. The Morgan fingerprint density at radius 3 is 3.15 bits per heavy atom. The van der Waals surface area contributed by atoms with Crippen LogP contribution in [0.3, 0.4) is 0 Å². The average molecular weight is 182 g/mol. The molecule has 1 aliphatic rings. The molecule has 2 heterocycles. The first kappa shape index (κ1) is 8.25. The van der Waals surface area contributed by atoms with Gasteiger partial charge in [-0.15, -0.1) is 0 Å². The number of rotatable bonds is 2. The van der Waals surface area contributed by atoms with E-state index >= 15 is 0 Å². The van der Waals surface area contributed by atoms with Gasteiger partial charge in [0.1, 0.15) is 0 Å². The SMILES string of the molecule is CO[C@@H]1Cc2cc(C(=O)O)nn2C1. The Bertz CT molecular complexity index is 322. The van der Waals surface area contributed by atoms with Crippen molar-refractivity contribution in [1.82, 2.24) is 9.78 Å². The molecule has 0 spiro atoms. The van der Waals surface area contributed by atoms with Gasteiger partial charge in [-0.3, -0.25) is 4.68 Å². The van der Waals surface area contributed by atoms with Crippen molar-refractivity contribution in [3.05, 3.63) is 17.5 Å². The average Bonchev–Trinajstić information content (AvgIpc) is 2.58. The van der Waals surface area contributed by atoms with Crippen molar-refractivity contribution in [3.8, 4) is 0 Å². The van der Waals surface area contributed by atoms with Gasteiger partial charge >= 0.3 is 5.97 Å². The van der Waals surface area contributed by atoms with Crippen LogP contribution in [0.15, 0.2) is 6.07 Å². The zero-order valence-electron chi connectivity index (χ0n) is 7.23. The molecule has 70 valence electrons. The van der Waals surface area contributed by atoms with Crippen LogP contribution >= 0.6 is 0 Å². The molecule has 0 unspecified atom stereocenters. The Kier molecular flexibility index (Phi) is 1.81. The third-order valence-electron chi connectivity index (χ3n) is 2.23. The van der Waals surface area contributed by atoms with Gasteiger partial charge in [-0.25, -0.2) is 4.79 Å². The zero-order chi connectivity index (χ0) is 9.42. The molecule has 0 bridgehead atoms. The topological polar surface area (TPSA) is 64.3 Å². The van der Waals surface area contributed by atoms with Crippen molar-refractivity contribution in [2.45, 2.75) is 19.1 Å². The maximum absolute atomic E-state index is 10.6. The quantitative estimate of drug-likeness (QED) is 0.707. The third-order valence-corrected chi connectivity index (χ3v) is 2.23. The second-order valence-corrected chi connectivity index (χ2v) is 3.07. The van der Waals surface area contributed by atoms with Crippen molar-refractivity contribution >= 4 is 5.97 Å². The first-order valence-electron chi connectivity index (χ1n) is 4.03. The molecule has 0 fully saturated rings. The van der Waals surface area contributed by atoms with Gasteiger partial charge in [-0.2, -0.15) is 5.10 Å². The van der Waals surface area contributed by atoms with E-state index in [1.165, 1.54) is 0 Å². The zero-order valence-corrected chi connectivity index (χ0v) is 7.23. The predicted molar refractivity (Wildman–Crippen MR) is 43.7 cm³/mol. The van der Waals surface area contributed by atoms with Crippen molar-refractivity contribution < 1.29 is 14.6 Å².